The molecule has 0 saturated heterocycles. The summed E-state index contributed by atoms with van der Waals surface area (Å²) in [5.41, 5.74) is 1.40. The summed E-state index contributed by atoms with van der Waals surface area (Å²) in [5.74, 6) is 0.382. The molecule has 1 amide bonds. The Morgan fingerprint density at radius 3 is 2.75 bits per heavy atom. The van der Waals surface area contributed by atoms with Gasteiger partial charge in [-0.15, -0.1) is 0 Å². The highest BCUT2D eigenvalue weighted by molar-refractivity contribution is 7.80. The molecule has 0 fully saturated rings. The third-order valence-corrected chi connectivity index (χ3v) is 3.81. The van der Waals surface area contributed by atoms with Crippen molar-refractivity contribution in [2.45, 2.75) is 19.9 Å². The summed E-state index contributed by atoms with van der Waals surface area (Å²) < 4.78 is 5.53. The smallest absolute Gasteiger partial charge is 0.257 e. The van der Waals surface area contributed by atoms with E-state index >= 15 is 0 Å². The molecular weight excluding hydrogens is 344 g/mol. The van der Waals surface area contributed by atoms with Gasteiger partial charge in [0.1, 0.15) is 5.75 Å². The summed E-state index contributed by atoms with van der Waals surface area (Å²) in [6.07, 6.45) is 0.909. The predicted octanol–water partition coefficient (Wildman–Crippen LogP) is 3.93. The largest absolute Gasteiger partial charge is 0.494 e. The topological polar surface area (TPSA) is 50.4 Å². The molecule has 2 aromatic carbocycles. The van der Waals surface area contributed by atoms with Crippen LogP contribution in [0.5, 0.6) is 5.75 Å². The Morgan fingerprint density at radius 1 is 1.21 bits per heavy atom. The average molecular weight is 363 g/mol. The number of ether oxygens (including phenoxy) is 1. The molecule has 2 rings (SSSR count). The first-order valence-corrected chi connectivity index (χ1v) is 8.44. The molecule has 0 bridgehead atoms. The van der Waals surface area contributed by atoms with Crippen molar-refractivity contribution in [1.82, 2.24) is 10.6 Å². The Morgan fingerprint density at radius 2 is 2.00 bits per heavy atom. The number of carbonyl (C=O) groups excluding carboxylic acids is 1. The van der Waals surface area contributed by atoms with Crippen LogP contribution in [0, 0.1) is 0 Å². The van der Waals surface area contributed by atoms with Gasteiger partial charge in [-0.1, -0.05) is 42.8 Å². The first kappa shape index (κ1) is 18.2. The van der Waals surface area contributed by atoms with Crippen molar-refractivity contribution in [3.05, 3.63) is 64.7 Å². The average Bonchev–Trinajstić information content (AvgIpc) is 2.59. The van der Waals surface area contributed by atoms with Crippen LogP contribution < -0.4 is 15.4 Å². The lowest BCUT2D eigenvalue weighted by Crippen LogP contribution is -2.38. The molecule has 0 aliphatic rings. The van der Waals surface area contributed by atoms with Crippen molar-refractivity contribution in [3.63, 3.8) is 0 Å². The minimum atomic E-state index is -0.284. The standard InChI is InChI=1S/C18H19ClN2O2S/c1-2-10-23-15-8-5-7-13(11-15)17(22)21-18(24)20-12-14-6-3-4-9-16(14)19/h3-9,11H,2,10,12H2,1H3,(H2,20,21,22,24). The first-order valence-electron chi connectivity index (χ1n) is 7.65. The van der Waals surface area contributed by atoms with Crippen molar-refractivity contribution < 1.29 is 9.53 Å². The zero-order valence-corrected chi connectivity index (χ0v) is 14.9. The van der Waals surface area contributed by atoms with Crippen molar-refractivity contribution in [2.24, 2.45) is 0 Å². The number of thiocarbonyl (C=S) groups is 1. The highest BCUT2D eigenvalue weighted by atomic mass is 35.5. The number of nitrogens with one attached hydrogen (secondary N) is 2. The summed E-state index contributed by atoms with van der Waals surface area (Å²) in [5, 5.41) is 6.53. The van der Waals surface area contributed by atoms with Gasteiger partial charge >= 0.3 is 0 Å². The fourth-order valence-corrected chi connectivity index (χ4v) is 2.35. The number of carbonyl (C=O) groups is 1. The molecule has 0 aliphatic heterocycles. The van der Waals surface area contributed by atoms with Crippen LogP contribution in [0.1, 0.15) is 29.3 Å². The van der Waals surface area contributed by atoms with E-state index in [2.05, 4.69) is 10.6 Å². The Labute approximate surface area is 152 Å². The zero-order chi connectivity index (χ0) is 17.4. The lowest BCUT2D eigenvalue weighted by molar-refractivity contribution is 0.0976. The number of hydrogen-bond donors (Lipinski definition) is 2. The fourth-order valence-electron chi connectivity index (χ4n) is 1.98. The lowest BCUT2D eigenvalue weighted by Gasteiger charge is -2.11. The van der Waals surface area contributed by atoms with Crippen LogP contribution in [0.15, 0.2) is 48.5 Å². The summed E-state index contributed by atoms with van der Waals surface area (Å²) in [6.45, 7) is 3.08. The van der Waals surface area contributed by atoms with Gasteiger partial charge in [0, 0.05) is 17.1 Å². The van der Waals surface area contributed by atoms with Crippen LogP contribution in [0.25, 0.3) is 0 Å². The fraction of sp³-hybridized carbons (Fsp3) is 0.222. The SMILES string of the molecule is CCCOc1cccc(C(=O)NC(=S)NCc2ccccc2Cl)c1. The van der Waals surface area contributed by atoms with Crippen LogP contribution >= 0.6 is 23.8 Å². The van der Waals surface area contributed by atoms with E-state index in [1.165, 1.54) is 0 Å². The molecule has 6 heteroatoms. The summed E-state index contributed by atoms with van der Waals surface area (Å²) >= 11 is 11.2. The summed E-state index contributed by atoms with van der Waals surface area (Å²) in [6, 6.07) is 14.5. The molecule has 0 heterocycles. The van der Waals surface area contributed by atoms with Gasteiger partial charge in [0.15, 0.2) is 5.11 Å². The van der Waals surface area contributed by atoms with Gasteiger partial charge in [0.25, 0.3) is 5.91 Å². The van der Waals surface area contributed by atoms with Gasteiger partial charge < -0.3 is 10.1 Å². The van der Waals surface area contributed by atoms with Crippen molar-refractivity contribution in [3.8, 4) is 5.75 Å². The molecule has 2 N–H and O–H groups in total. The lowest BCUT2D eigenvalue weighted by atomic mass is 10.2. The highest BCUT2D eigenvalue weighted by Crippen LogP contribution is 2.15. The number of benzene rings is 2. The minimum absolute atomic E-state index is 0.250. The maximum atomic E-state index is 12.2. The molecule has 0 saturated carbocycles. The minimum Gasteiger partial charge on any atom is -0.494 e. The van der Waals surface area contributed by atoms with Crippen LogP contribution in [0.4, 0.5) is 0 Å². The van der Waals surface area contributed by atoms with Crippen molar-refractivity contribution >= 4 is 34.8 Å². The van der Waals surface area contributed by atoms with Gasteiger partial charge in [-0.2, -0.15) is 0 Å². The van der Waals surface area contributed by atoms with Crippen LogP contribution in [0.2, 0.25) is 5.02 Å². The van der Waals surface area contributed by atoms with Crippen LogP contribution in [0.3, 0.4) is 0 Å². The zero-order valence-electron chi connectivity index (χ0n) is 13.3. The normalized spacial score (nSPS) is 10.1. The molecule has 126 valence electrons. The second-order valence-electron chi connectivity index (χ2n) is 5.10. The van der Waals surface area contributed by atoms with Gasteiger partial charge in [-0.05, 0) is 48.5 Å². The summed E-state index contributed by atoms with van der Waals surface area (Å²) in [7, 11) is 0. The Kier molecular flexibility index (Phi) is 7.03. The molecule has 0 unspecified atom stereocenters. The molecule has 0 radical (unpaired) electrons. The molecular formula is C18H19ClN2O2S. The monoisotopic (exact) mass is 362 g/mol. The van der Waals surface area contributed by atoms with Gasteiger partial charge in [-0.3, -0.25) is 10.1 Å². The van der Waals surface area contributed by atoms with Gasteiger partial charge in [-0.25, -0.2) is 0 Å². The van der Waals surface area contributed by atoms with Crippen LogP contribution in [-0.2, 0) is 6.54 Å². The third-order valence-electron chi connectivity index (χ3n) is 3.19. The molecule has 0 aliphatic carbocycles. The quantitative estimate of drug-likeness (QED) is 0.764. The van der Waals surface area contributed by atoms with Crippen molar-refractivity contribution in [1.29, 1.82) is 0 Å². The van der Waals surface area contributed by atoms with Gasteiger partial charge in [0.05, 0.1) is 6.61 Å². The second kappa shape index (κ2) is 9.25. The van der Waals surface area contributed by atoms with Gasteiger partial charge in [0.2, 0.25) is 0 Å². The van der Waals surface area contributed by atoms with E-state index in [1.54, 1.807) is 18.2 Å². The molecule has 2 aromatic rings. The highest BCUT2D eigenvalue weighted by Gasteiger charge is 2.09. The molecule has 0 spiro atoms. The Balaban J connectivity index is 1.89. The Bertz CT molecular complexity index is 722. The predicted molar refractivity (Wildman–Crippen MR) is 101 cm³/mol. The van der Waals surface area contributed by atoms with E-state index in [9.17, 15) is 4.79 Å². The molecule has 0 atom stereocenters. The second-order valence-corrected chi connectivity index (χ2v) is 5.92. The van der Waals surface area contributed by atoms with E-state index in [0.717, 1.165) is 12.0 Å². The van der Waals surface area contributed by atoms with E-state index < -0.39 is 0 Å². The molecule has 24 heavy (non-hydrogen) atoms. The Hall–Kier alpha value is -2.11. The maximum Gasteiger partial charge on any atom is 0.257 e. The van der Waals surface area contributed by atoms with Crippen molar-refractivity contribution in [2.75, 3.05) is 6.61 Å². The van der Waals surface area contributed by atoms with E-state index in [4.69, 9.17) is 28.6 Å². The molecule has 0 aromatic heterocycles. The van der Waals surface area contributed by atoms with Crippen LogP contribution in [-0.4, -0.2) is 17.6 Å². The molecule has 4 nitrogen and oxygen atoms in total. The number of amides is 1. The number of halogens is 1. The number of hydrogen-bond acceptors (Lipinski definition) is 3. The van der Waals surface area contributed by atoms with E-state index in [0.29, 0.717) is 29.5 Å². The van der Waals surface area contributed by atoms with E-state index in [-0.39, 0.29) is 11.0 Å². The maximum absolute atomic E-state index is 12.2. The first-order chi connectivity index (χ1) is 11.6. The number of rotatable bonds is 6. The van der Waals surface area contributed by atoms with E-state index in [1.807, 2.05) is 37.3 Å². The third kappa shape index (κ3) is 5.51. The summed E-state index contributed by atoms with van der Waals surface area (Å²) in [4.78, 5) is 12.2.